The summed E-state index contributed by atoms with van der Waals surface area (Å²) >= 11 is 1.34. The van der Waals surface area contributed by atoms with Crippen molar-refractivity contribution in [2.45, 2.75) is 25.8 Å². The van der Waals surface area contributed by atoms with Gasteiger partial charge in [-0.15, -0.1) is 0 Å². The number of carboxylic acid groups (broad SMARTS) is 1. The van der Waals surface area contributed by atoms with Crippen LogP contribution in [0, 0.1) is 0 Å². The lowest BCUT2D eigenvalue weighted by Gasteiger charge is -2.13. The standard InChI is InChI=1S/C19H18N2O3S/c1-2-14(18(23)24)21-15-10-6-7-11-16(15)25-19(21)20-17(22)12-13-8-4-3-5-9-13/h3-11,14H,2,12H2,1H3,(H,23,24). The molecule has 0 saturated carbocycles. The molecule has 25 heavy (non-hydrogen) atoms. The van der Waals surface area contributed by atoms with Crippen LogP contribution < -0.4 is 4.80 Å². The van der Waals surface area contributed by atoms with Crippen LogP contribution in [0.1, 0.15) is 24.9 Å². The zero-order valence-corrected chi connectivity index (χ0v) is 14.6. The Balaban J connectivity index is 2.08. The van der Waals surface area contributed by atoms with Crippen molar-refractivity contribution < 1.29 is 14.7 Å². The number of aromatic nitrogens is 1. The number of rotatable bonds is 5. The predicted molar refractivity (Wildman–Crippen MR) is 97.5 cm³/mol. The van der Waals surface area contributed by atoms with Crippen LogP contribution in [0.2, 0.25) is 0 Å². The van der Waals surface area contributed by atoms with Gasteiger partial charge in [0.25, 0.3) is 5.91 Å². The van der Waals surface area contributed by atoms with Crippen LogP contribution in [-0.2, 0) is 16.0 Å². The van der Waals surface area contributed by atoms with E-state index in [4.69, 9.17) is 0 Å². The molecule has 0 saturated heterocycles. The second-order valence-electron chi connectivity index (χ2n) is 5.65. The highest BCUT2D eigenvalue weighted by Gasteiger charge is 2.21. The van der Waals surface area contributed by atoms with Crippen molar-refractivity contribution in [2.75, 3.05) is 0 Å². The summed E-state index contributed by atoms with van der Waals surface area (Å²) in [6.45, 7) is 1.81. The van der Waals surface area contributed by atoms with Gasteiger partial charge < -0.3 is 9.67 Å². The Morgan fingerprint density at radius 3 is 2.48 bits per heavy atom. The van der Waals surface area contributed by atoms with E-state index in [1.165, 1.54) is 11.3 Å². The van der Waals surface area contributed by atoms with E-state index in [1.807, 2.05) is 61.5 Å². The van der Waals surface area contributed by atoms with Gasteiger partial charge in [0, 0.05) is 0 Å². The third kappa shape index (κ3) is 3.69. The first kappa shape index (κ1) is 17.1. The Morgan fingerprint density at radius 1 is 1.12 bits per heavy atom. The highest BCUT2D eigenvalue weighted by atomic mass is 32.1. The van der Waals surface area contributed by atoms with Crippen LogP contribution in [0.5, 0.6) is 0 Å². The molecule has 0 spiro atoms. The molecule has 0 bridgehead atoms. The number of carboxylic acids is 1. The van der Waals surface area contributed by atoms with Crippen molar-refractivity contribution in [1.82, 2.24) is 4.57 Å². The molecule has 5 nitrogen and oxygen atoms in total. The minimum Gasteiger partial charge on any atom is -0.480 e. The molecule has 1 unspecified atom stereocenters. The highest BCUT2D eigenvalue weighted by molar-refractivity contribution is 7.16. The van der Waals surface area contributed by atoms with Crippen molar-refractivity contribution in [3.63, 3.8) is 0 Å². The van der Waals surface area contributed by atoms with Crippen LogP contribution in [0.15, 0.2) is 59.6 Å². The number of aliphatic carboxylic acids is 1. The van der Waals surface area contributed by atoms with Crippen molar-refractivity contribution in [2.24, 2.45) is 4.99 Å². The number of carbonyl (C=O) groups excluding carboxylic acids is 1. The first-order valence-electron chi connectivity index (χ1n) is 8.04. The maximum atomic E-state index is 12.4. The number of fused-ring (bicyclic) bond motifs is 1. The monoisotopic (exact) mass is 354 g/mol. The number of hydrogen-bond acceptors (Lipinski definition) is 3. The SMILES string of the molecule is CCC(C(=O)O)n1c(=NC(=O)Cc2ccccc2)sc2ccccc21. The summed E-state index contributed by atoms with van der Waals surface area (Å²) < 4.78 is 2.57. The summed E-state index contributed by atoms with van der Waals surface area (Å²) in [7, 11) is 0. The Kier molecular flexibility index (Phi) is 5.09. The van der Waals surface area contributed by atoms with Gasteiger partial charge in [-0.25, -0.2) is 4.79 Å². The molecular weight excluding hydrogens is 336 g/mol. The van der Waals surface area contributed by atoms with E-state index in [2.05, 4.69) is 4.99 Å². The van der Waals surface area contributed by atoms with Crippen molar-refractivity contribution in [3.05, 3.63) is 65.0 Å². The molecule has 3 rings (SSSR count). The van der Waals surface area contributed by atoms with Gasteiger partial charge in [0.15, 0.2) is 4.80 Å². The molecule has 1 amide bonds. The molecule has 1 atom stereocenters. The maximum Gasteiger partial charge on any atom is 0.326 e. The molecule has 0 fully saturated rings. The lowest BCUT2D eigenvalue weighted by molar-refractivity contribution is -0.141. The van der Waals surface area contributed by atoms with E-state index >= 15 is 0 Å². The van der Waals surface area contributed by atoms with Gasteiger partial charge in [-0.05, 0) is 24.1 Å². The summed E-state index contributed by atoms with van der Waals surface area (Å²) in [6, 6.07) is 16.2. The number of amides is 1. The fraction of sp³-hybridized carbons (Fsp3) is 0.211. The summed E-state index contributed by atoms with van der Waals surface area (Å²) in [6.07, 6.45) is 0.606. The predicted octanol–water partition coefficient (Wildman–Crippen LogP) is 3.41. The molecule has 128 valence electrons. The minimum atomic E-state index is -0.928. The lowest BCUT2D eigenvalue weighted by Crippen LogP contribution is -2.27. The van der Waals surface area contributed by atoms with Gasteiger partial charge in [-0.2, -0.15) is 4.99 Å². The van der Waals surface area contributed by atoms with Crippen molar-refractivity contribution in [3.8, 4) is 0 Å². The summed E-state index contributed by atoms with van der Waals surface area (Å²) in [5, 5.41) is 9.56. The molecule has 1 aromatic heterocycles. The van der Waals surface area contributed by atoms with Gasteiger partial charge in [0.05, 0.1) is 16.6 Å². The van der Waals surface area contributed by atoms with E-state index in [-0.39, 0.29) is 12.3 Å². The molecular formula is C19H18N2O3S. The Morgan fingerprint density at radius 2 is 1.80 bits per heavy atom. The largest absolute Gasteiger partial charge is 0.480 e. The lowest BCUT2D eigenvalue weighted by atomic mass is 10.1. The van der Waals surface area contributed by atoms with Gasteiger partial charge in [0.2, 0.25) is 0 Å². The van der Waals surface area contributed by atoms with Crippen molar-refractivity contribution in [1.29, 1.82) is 0 Å². The minimum absolute atomic E-state index is 0.193. The second-order valence-corrected chi connectivity index (χ2v) is 6.66. The van der Waals surface area contributed by atoms with E-state index in [9.17, 15) is 14.7 Å². The third-order valence-electron chi connectivity index (χ3n) is 3.93. The fourth-order valence-electron chi connectivity index (χ4n) is 2.76. The van der Waals surface area contributed by atoms with Gasteiger partial charge >= 0.3 is 5.97 Å². The molecule has 3 aromatic rings. The number of thiazole rings is 1. The fourth-order valence-corrected chi connectivity index (χ4v) is 3.84. The van der Waals surface area contributed by atoms with E-state index < -0.39 is 12.0 Å². The molecule has 6 heteroatoms. The Labute approximate surface area is 148 Å². The summed E-state index contributed by atoms with van der Waals surface area (Å²) in [5.41, 5.74) is 1.67. The van der Waals surface area contributed by atoms with Crippen LogP contribution in [0.25, 0.3) is 10.2 Å². The number of nitrogens with zero attached hydrogens (tertiary/aromatic N) is 2. The van der Waals surface area contributed by atoms with E-state index in [1.54, 1.807) is 4.57 Å². The molecule has 1 heterocycles. The average Bonchev–Trinajstić information content (AvgIpc) is 2.94. The topological polar surface area (TPSA) is 71.7 Å². The van der Waals surface area contributed by atoms with Crippen LogP contribution in [-0.4, -0.2) is 21.6 Å². The van der Waals surface area contributed by atoms with E-state index in [0.29, 0.717) is 11.2 Å². The normalized spacial score (nSPS) is 13.1. The highest BCUT2D eigenvalue weighted by Crippen LogP contribution is 2.22. The second kappa shape index (κ2) is 7.44. The molecule has 0 aliphatic carbocycles. The maximum absolute atomic E-state index is 12.4. The first-order valence-corrected chi connectivity index (χ1v) is 8.86. The number of carbonyl (C=O) groups is 2. The molecule has 1 N–H and O–H groups in total. The van der Waals surface area contributed by atoms with Gasteiger partial charge in [-0.3, -0.25) is 4.79 Å². The number of para-hydroxylation sites is 1. The summed E-state index contributed by atoms with van der Waals surface area (Å²) in [5.74, 6) is -1.21. The van der Waals surface area contributed by atoms with Gasteiger partial charge in [0.1, 0.15) is 6.04 Å². The van der Waals surface area contributed by atoms with Crippen molar-refractivity contribution >= 4 is 33.4 Å². The average molecular weight is 354 g/mol. The zero-order chi connectivity index (χ0) is 17.8. The van der Waals surface area contributed by atoms with Gasteiger partial charge in [-0.1, -0.05) is 60.7 Å². The summed E-state index contributed by atoms with van der Waals surface area (Å²) in [4.78, 5) is 28.7. The quantitative estimate of drug-likeness (QED) is 0.763. The molecule has 2 aromatic carbocycles. The van der Waals surface area contributed by atoms with Crippen LogP contribution in [0.4, 0.5) is 0 Å². The Bertz CT molecular complexity index is 973. The zero-order valence-electron chi connectivity index (χ0n) is 13.8. The number of hydrogen-bond donors (Lipinski definition) is 1. The third-order valence-corrected chi connectivity index (χ3v) is 4.97. The molecule has 0 aliphatic rings. The van der Waals surface area contributed by atoms with E-state index in [0.717, 1.165) is 15.8 Å². The van der Waals surface area contributed by atoms with Crippen LogP contribution in [0.3, 0.4) is 0 Å². The Hall–Kier alpha value is -2.73. The molecule has 0 radical (unpaired) electrons. The number of benzene rings is 2. The molecule has 0 aliphatic heterocycles. The smallest absolute Gasteiger partial charge is 0.326 e. The first-order chi connectivity index (χ1) is 12.1. The van der Waals surface area contributed by atoms with Crippen LogP contribution >= 0.6 is 11.3 Å².